The van der Waals surface area contributed by atoms with Gasteiger partial charge in [-0.05, 0) is 24.4 Å². The third-order valence-corrected chi connectivity index (χ3v) is 4.25. The molecule has 0 spiro atoms. The molecule has 0 radical (unpaired) electrons. The van der Waals surface area contributed by atoms with E-state index in [4.69, 9.17) is 5.73 Å². The highest BCUT2D eigenvalue weighted by atomic mass is 32.1. The second-order valence-electron chi connectivity index (χ2n) is 3.04. The molecule has 0 aliphatic carbocycles. The van der Waals surface area contributed by atoms with E-state index in [1.54, 1.807) is 22.7 Å². The van der Waals surface area contributed by atoms with Gasteiger partial charge in [-0.1, -0.05) is 0 Å². The number of hydrogen-bond acceptors (Lipinski definition) is 3. The Kier molecular flexibility index (Phi) is 2.87. The summed E-state index contributed by atoms with van der Waals surface area (Å²) in [5, 5.41) is 2.11. The molecule has 2 aromatic rings. The average Bonchev–Trinajstić information content (AvgIpc) is 2.72. The van der Waals surface area contributed by atoms with E-state index in [9.17, 15) is 0 Å². The minimum absolute atomic E-state index is 0.0760. The summed E-state index contributed by atoms with van der Waals surface area (Å²) < 4.78 is 2.68. The molecule has 2 rings (SSSR count). The van der Waals surface area contributed by atoms with E-state index < -0.39 is 0 Å². The lowest BCUT2D eigenvalue weighted by Crippen LogP contribution is -2.06. The molecular weight excluding hydrogens is 210 g/mol. The van der Waals surface area contributed by atoms with Gasteiger partial charge < -0.3 is 5.73 Å². The highest BCUT2D eigenvalue weighted by Crippen LogP contribution is 2.33. The Morgan fingerprint density at radius 2 is 2.36 bits per heavy atom. The second-order valence-corrected chi connectivity index (χ2v) is 5.10. The quantitative estimate of drug-likeness (QED) is 0.773. The van der Waals surface area contributed by atoms with Crippen molar-refractivity contribution in [1.82, 2.24) is 0 Å². The molecule has 0 saturated carbocycles. The topological polar surface area (TPSA) is 26.0 Å². The van der Waals surface area contributed by atoms with E-state index in [1.807, 2.05) is 6.92 Å². The van der Waals surface area contributed by atoms with Crippen LogP contribution in [0.1, 0.15) is 24.3 Å². The number of fused-ring (bicyclic) bond motifs is 1. The second kappa shape index (κ2) is 4.14. The van der Waals surface area contributed by atoms with Crippen molar-refractivity contribution >= 4 is 32.1 Å². The largest absolute Gasteiger partial charge is 0.322 e. The number of thiophene rings is 2. The maximum absolute atomic E-state index is 6.02. The van der Waals surface area contributed by atoms with Crippen LogP contribution in [-0.2, 0) is 0 Å². The summed E-state index contributed by atoms with van der Waals surface area (Å²) in [6, 6.07) is 4.41. The SMILES string of the molecule is CC#CCC(N)c1cc2sccc2s1. The van der Waals surface area contributed by atoms with E-state index in [-0.39, 0.29) is 6.04 Å². The van der Waals surface area contributed by atoms with Crippen LogP contribution in [0.25, 0.3) is 9.40 Å². The standard InChI is InChI=1S/C11H11NS2/c1-2-3-4-8(12)10-7-11-9(14-10)5-6-13-11/h5-8H,4,12H2,1H3. The van der Waals surface area contributed by atoms with E-state index >= 15 is 0 Å². The van der Waals surface area contributed by atoms with Crippen molar-refractivity contribution in [2.75, 3.05) is 0 Å². The van der Waals surface area contributed by atoms with Gasteiger partial charge in [-0.15, -0.1) is 34.5 Å². The number of rotatable bonds is 2. The zero-order valence-electron chi connectivity index (χ0n) is 7.91. The fourth-order valence-corrected chi connectivity index (χ4v) is 3.40. The van der Waals surface area contributed by atoms with E-state index in [1.165, 1.54) is 14.3 Å². The molecule has 72 valence electrons. The lowest BCUT2D eigenvalue weighted by atomic mass is 10.2. The summed E-state index contributed by atoms with van der Waals surface area (Å²) in [7, 11) is 0. The normalized spacial score (nSPS) is 12.4. The molecule has 0 aliphatic rings. The van der Waals surface area contributed by atoms with Crippen LogP contribution in [0.15, 0.2) is 17.5 Å². The van der Waals surface area contributed by atoms with Gasteiger partial charge in [0.25, 0.3) is 0 Å². The van der Waals surface area contributed by atoms with Gasteiger partial charge in [0.15, 0.2) is 0 Å². The Balaban J connectivity index is 2.24. The predicted octanol–water partition coefficient (Wildman–Crippen LogP) is 3.38. The first-order chi connectivity index (χ1) is 6.81. The lowest BCUT2D eigenvalue weighted by Gasteiger charge is -2.02. The molecule has 14 heavy (non-hydrogen) atoms. The van der Waals surface area contributed by atoms with E-state index in [2.05, 4.69) is 29.4 Å². The van der Waals surface area contributed by atoms with Gasteiger partial charge >= 0.3 is 0 Å². The van der Waals surface area contributed by atoms with Gasteiger partial charge in [0.1, 0.15) is 0 Å². The molecule has 0 saturated heterocycles. The molecule has 0 aliphatic heterocycles. The third kappa shape index (κ3) is 1.83. The first-order valence-corrected chi connectivity index (χ1v) is 6.13. The maximum Gasteiger partial charge on any atom is 0.0501 e. The Hall–Kier alpha value is -0.820. The molecule has 1 unspecified atom stereocenters. The molecule has 3 heteroatoms. The van der Waals surface area contributed by atoms with Gasteiger partial charge in [0, 0.05) is 20.7 Å². The summed E-state index contributed by atoms with van der Waals surface area (Å²) in [6.07, 6.45) is 0.754. The number of hydrogen-bond donors (Lipinski definition) is 1. The van der Waals surface area contributed by atoms with Crippen LogP contribution in [0.5, 0.6) is 0 Å². The number of nitrogens with two attached hydrogens (primary N) is 1. The van der Waals surface area contributed by atoms with Crippen molar-refractivity contribution < 1.29 is 0 Å². The molecule has 0 fully saturated rings. The minimum atomic E-state index is 0.0760. The Morgan fingerprint density at radius 3 is 3.07 bits per heavy atom. The van der Waals surface area contributed by atoms with Gasteiger partial charge in [0.2, 0.25) is 0 Å². The molecule has 1 atom stereocenters. The molecule has 0 aromatic carbocycles. The fourth-order valence-electron chi connectivity index (χ4n) is 1.28. The van der Waals surface area contributed by atoms with Crippen LogP contribution in [0.3, 0.4) is 0 Å². The van der Waals surface area contributed by atoms with Crippen molar-refractivity contribution in [3.63, 3.8) is 0 Å². The first-order valence-electron chi connectivity index (χ1n) is 4.43. The lowest BCUT2D eigenvalue weighted by molar-refractivity contribution is 0.771. The highest BCUT2D eigenvalue weighted by molar-refractivity contribution is 7.26. The zero-order chi connectivity index (χ0) is 9.97. The van der Waals surface area contributed by atoms with Gasteiger partial charge in [-0.2, -0.15) is 0 Å². The molecule has 1 nitrogen and oxygen atoms in total. The van der Waals surface area contributed by atoms with Gasteiger partial charge in [-0.25, -0.2) is 0 Å². The molecular formula is C11H11NS2. The van der Waals surface area contributed by atoms with E-state index in [0.29, 0.717) is 0 Å². The third-order valence-electron chi connectivity index (χ3n) is 2.02. The summed E-state index contributed by atoms with van der Waals surface area (Å²) in [6.45, 7) is 1.85. The molecule has 2 heterocycles. The first kappa shape index (κ1) is 9.72. The molecule has 2 N–H and O–H groups in total. The van der Waals surface area contributed by atoms with Crippen LogP contribution in [0.2, 0.25) is 0 Å². The summed E-state index contributed by atoms with van der Waals surface area (Å²) in [5.74, 6) is 5.89. The van der Waals surface area contributed by atoms with Crippen LogP contribution in [0, 0.1) is 11.8 Å². The van der Waals surface area contributed by atoms with Crippen molar-refractivity contribution in [2.45, 2.75) is 19.4 Å². The fraction of sp³-hybridized carbons (Fsp3) is 0.273. The zero-order valence-corrected chi connectivity index (χ0v) is 9.54. The maximum atomic E-state index is 6.02. The van der Waals surface area contributed by atoms with E-state index in [0.717, 1.165) is 6.42 Å². The van der Waals surface area contributed by atoms with Gasteiger partial charge in [0.05, 0.1) is 6.04 Å². The monoisotopic (exact) mass is 221 g/mol. The van der Waals surface area contributed by atoms with Crippen molar-refractivity contribution in [1.29, 1.82) is 0 Å². The van der Waals surface area contributed by atoms with Crippen molar-refractivity contribution in [3.8, 4) is 11.8 Å². The van der Waals surface area contributed by atoms with Crippen LogP contribution in [-0.4, -0.2) is 0 Å². The smallest absolute Gasteiger partial charge is 0.0501 e. The summed E-state index contributed by atoms with van der Waals surface area (Å²) in [5.41, 5.74) is 6.02. The molecule has 0 amide bonds. The van der Waals surface area contributed by atoms with Gasteiger partial charge in [-0.3, -0.25) is 0 Å². The molecule has 0 bridgehead atoms. The van der Waals surface area contributed by atoms with Crippen LogP contribution >= 0.6 is 22.7 Å². The Labute approximate surface area is 91.6 Å². The minimum Gasteiger partial charge on any atom is -0.322 e. The van der Waals surface area contributed by atoms with Crippen LogP contribution < -0.4 is 5.73 Å². The average molecular weight is 221 g/mol. The predicted molar refractivity (Wildman–Crippen MR) is 64.7 cm³/mol. The summed E-state index contributed by atoms with van der Waals surface area (Å²) in [4.78, 5) is 1.25. The van der Waals surface area contributed by atoms with Crippen LogP contribution in [0.4, 0.5) is 0 Å². The summed E-state index contributed by atoms with van der Waals surface area (Å²) >= 11 is 3.55. The highest BCUT2D eigenvalue weighted by Gasteiger charge is 2.09. The van der Waals surface area contributed by atoms with Crippen molar-refractivity contribution in [2.24, 2.45) is 5.73 Å². The Morgan fingerprint density at radius 1 is 1.50 bits per heavy atom. The van der Waals surface area contributed by atoms with Crippen molar-refractivity contribution in [3.05, 3.63) is 22.4 Å². The Bertz CT molecular complexity index is 455. The molecule has 2 aromatic heterocycles.